The van der Waals surface area contributed by atoms with Gasteiger partial charge in [0.25, 0.3) is 10.0 Å². The Labute approximate surface area is 185 Å². The molecule has 0 radical (unpaired) electrons. The van der Waals surface area contributed by atoms with E-state index < -0.39 is 16.1 Å². The number of ether oxygens (including phenoxy) is 1. The smallest absolute Gasteiger partial charge is 1.00 e. The molecule has 0 fully saturated rings. The number of aryl methyl sites for hydroxylation is 1. The number of sulfonamides is 1. The Hall–Kier alpha value is -0.760. The molecule has 24 heavy (non-hydrogen) atoms. The van der Waals surface area contributed by atoms with Crippen LogP contribution in [-0.2, 0) is 10.0 Å². The maximum atomic E-state index is 12.2. The van der Waals surface area contributed by atoms with Crippen molar-refractivity contribution in [2.45, 2.75) is 11.8 Å². The molecule has 1 aromatic heterocycles. The molecule has 2 N–H and O–H groups in total. The van der Waals surface area contributed by atoms with Crippen molar-refractivity contribution in [3.05, 3.63) is 33.7 Å². The first-order valence-electron chi connectivity index (χ1n) is 6.17. The second-order valence-electron chi connectivity index (χ2n) is 4.18. The Morgan fingerprint density at radius 1 is 1.25 bits per heavy atom. The summed E-state index contributed by atoms with van der Waals surface area (Å²) in [6.07, 6.45) is 0. The molecule has 9 nitrogen and oxygen atoms in total. The number of carbonyl (C=O) groups is 1. The van der Waals surface area contributed by atoms with Gasteiger partial charge in [0, 0.05) is 3.57 Å². The average molecular weight is 491 g/mol. The van der Waals surface area contributed by atoms with Gasteiger partial charge in [0.05, 0.1) is 7.11 Å². The molecule has 0 aliphatic heterocycles. The van der Waals surface area contributed by atoms with Crippen molar-refractivity contribution in [3.8, 4) is 6.01 Å². The van der Waals surface area contributed by atoms with Crippen LogP contribution in [0, 0.1) is 10.5 Å². The molecule has 2 aromatic rings. The third kappa shape index (κ3) is 5.65. The van der Waals surface area contributed by atoms with Gasteiger partial charge in [0.1, 0.15) is 10.7 Å². The molecule has 0 aliphatic carbocycles. The zero-order valence-electron chi connectivity index (χ0n) is 14.8. The Kier molecular flexibility index (Phi) is 8.05. The number of methoxy groups -OCH3 is 1. The normalized spacial score (nSPS) is 10.5. The van der Waals surface area contributed by atoms with Gasteiger partial charge in [-0.05, 0) is 41.6 Å². The minimum Gasteiger partial charge on any atom is -1.00 e. The first kappa shape index (κ1) is 21.3. The van der Waals surface area contributed by atoms with E-state index in [-0.39, 0.29) is 57.4 Å². The van der Waals surface area contributed by atoms with Crippen molar-refractivity contribution in [2.24, 2.45) is 0 Å². The molecule has 0 saturated carbocycles. The first-order valence-corrected chi connectivity index (χ1v) is 8.73. The fraction of sp³-hybridized carbons (Fsp3) is 0.167. The predicted octanol–water partition coefficient (Wildman–Crippen LogP) is 1.15. The standard InChI is InChI=1S/C12H12IN5O4S.Ca.2H/c1-7-14-10(17-12(15-7)22-2)16-11(19)18-23(20,21)9-6-4-3-5-8(9)13;;;/h3-6H,1-2H3,(H2,14,15,16,17,18,19);;;/q;+2;2*-1. The number of benzene rings is 1. The van der Waals surface area contributed by atoms with E-state index in [2.05, 4.69) is 20.3 Å². The number of nitrogens with one attached hydrogen (secondary N) is 2. The molecular formula is C12H14CaIN5O4S. The second kappa shape index (κ2) is 9.08. The number of rotatable bonds is 4. The second-order valence-corrected chi connectivity index (χ2v) is 7.00. The van der Waals surface area contributed by atoms with E-state index in [4.69, 9.17) is 4.74 Å². The van der Waals surface area contributed by atoms with E-state index in [9.17, 15) is 13.2 Å². The van der Waals surface area contributed by atoms with Gasteiger partial charge in [-0.15, -0.1) is 0 Å². The number of nitrogens with zero attached hydrogens (tertiary/aromatic N) is 3. The summed E-state index contributed by atoms with van der Waals surface area (Å²) >= 11 is 1.87. The number of halogens is 1. The summed E-state index contributed by atoms with van der Waals surface area (Å²) in [6.45, 7) is 1.58. The summed E-state index contributed by atoms with van der Waals surface area (Å²) in [6, 6.07) is 5.29. The molecule has 0 unspecified atom stereocenters. The van der Waals surface area contributed by atoms with Crippen LogP contribution in [0.25, 0.3) is 0 Å². The monoisotopic (exact) mass is 491 g/mol. The quantitative estimate of drug-likeness (QED) is 0.486. The van der Waals surface area contributed by atoms with Crippen molar-refractivity contribution in [2.75, 3.05) is 12.4 Å². The molecule has 12 heteroatoms. The van der Waals surface area contributed by atoms with Gasteiger partial charge in [-0.25, -0.2) is 17.9 Å². The molecule has 126 valence electrons. The van der Waals surface area contributed by atoms with E-state index in [0.29, 0.717) is 9.39 Å². The summed E-state index contributed by atoms with van der Waals surface area (Å²) in [7, 11) is -2.65. The maximum absolute atomic E-state index is 12.2. The molecule has 0 atom stereocenters. The van der Waals surface area contributed by atoms with Gasteiger partial charge in [-0.1, -0.05) is 12.1 Å². The van der Waals surface area contributed by atoms with Crippen LogP contribution in [0.1, 0.15) is 8.68 Å². The van der Waals surface area contributed by atoms with Crippen molar-refractivity contribution < 1.29 is 20.8 Å². The Morgan fingerprint density at radius 3 is 2.54 bits per heavy atom. The molecular weight excluding hydrogens is 477 g/mol. The number of hydrogen-bond donors (Lipinski definition) is 2. The van der Waals surface area contributed by atoms with Crippen LogP contribution in [0.2, 0.25) is 0 Å². The van der Waals surface area contributed by atoms with E-state index >= 15 is 0 Å². The average Bonchev–Trinajstić information content (AvgIpc) is 2.46. The van der Waals surface area contributed by atoms with Crippen LogP contribution in [0.4, 0.5) is 10.7 Å². The first-order chi connectivity index (χ1) is 10.8. The minimum atomic E-state index is -4.01. The molecule has 1 heterocycles. The summed E-state index contributed by atoms with van der Waals surface area (Å²) in [5, 5.41) is 2.23. The topological polar surface area (TPSA) is 123 Å². The zero-order valence-corrected chi connectivity index (χ0v) is 18.0. The molecule has 0 bridgehead atoms. The molecule has 0 saturated heterocycles. The fourth-order valence-corrected chi connectivity index (χ4v) is 3.82. The van der Waals surface area contributed by atoms with E-state index in [1.807, 2.05) is 27.3 Å². The van der Waals surface area contributed by atoms with Crippen LogP contribution in [0.15, 0.2) is 29.2 Å². The number of amides is 2. The van der Waals surface area contributed by atoms with Crippen molar-refractivity contribution in [3.63, 3.8) is 0 Å². The zero-order chi connectivity index (χ0) is 17.0. The summed E-state index contributed by atoms with van der Waals surface area (Å²) in [5.41, 5.74) is 0. The van der Waals surface area contributed by atoms with Crippen LogP contribution in [0.5, 0.6) is 6.01 Å². The Balaban J connectivity index is 0. The molecule has 2 rings (SSSR count). The molecule has 1 aromatic carbocycles. The van der Waals surface area contributed by atoms with E-state index in [1.54, 1.807) is 25.1 Å². The van der Waals surface area contributed by atoms with Crippen LogP contribution < -0.4 is 14.8 Å². The third-order valence-corrected chi connectivity index (χ3v) is 5.18. The SMILES string of the molecule is COc1nc(C)nc(NC(=O)NS(=O)(=O)c2ccccc2I)n1.[Ca+2].[H-].[H-]. The van der Waals surface area contributed by atoms with Gasteiger partial charge in [-0.3, -0.25) is 5.32 Å². The van der Waals surface area contributed by atoms with Gasteiger partial charge in [-0.2, -0.15) is 15.0 Å². The van der Waals surface area contributed by atoms with Crippen LogP contribution >= 0.6 is 22.6 Å². The van der Waals surface area contributed by atoms with Gasteiger partial charge >= 0.3 is 49.8 Å². The Morgan fingerprint density at radius 2 is 1.92 bits per heavy atom. The van der Waals surface area contributed by atoms with Gasteiger partial charge in [0.2, 0.25) is 5.95 Å². The van der Waals surface area contributed by atoms with Gasteiger partial charge in [0.15, 0.2) is 0 Å². The number of carbonyl (C=O) groups excluding carboxylic acids is 1. The number of aromatic nitrogens is 3. The molecule has 0 aliphatic rings. The molecule has 2 amide bonds. The van der Waals surface area contributed by atoms with Crippen LogP contribution in [0.3, 0.4) is 0 Å². The summed E-state index contributed by atoms with van der Waals surface area (Å²) in [5.74, 6) is 0.192. The predicted molar refractivity (Wildman–Crippen MR) is 97.6 cm³/mol. The largest absolute Gasteiger partial charge is 2.00 e. The van der Waals surface area contributed by atoms with Crippen molar-refractivity contribution in [1.29, 1.82) is 0 Å². The van der Waals surface area contributed by atoms with E-state index in [1.165, 1.54) is 13.2 Å². The van der Waals surface area contributed by atoms with Crippen LogP contribution in [-0.4, -0.2) is 74.2 Å². The van der Waals surface area contributed by atoms with Crippen molar-refractivity contribution in [1.82, 2.24) is 19.7 Å². The Bertz CT molecular complexity index is 859. The summed E-state index contributed by atoms with van der Waals surface area (Å²) in [4.78, 5) is 23.4. The molecule has 0 spiro atoms. The number of hydrogen-bond acceptors (Lipinski definition) is 7. The number of urea groups is 1. The number of anilines is 1. The van der Waals surface area contributed by atoms with Crippen molar-refractivity contribution >= 4 is 82.3 Å². The van der Waals surface area contributed by atoms with Gasteiger partial charge < -0.3 is 7.59 Å². The third-order valence-electron chi connectivity index (χ3n) is 2.49. The maximum Gasteiger partial charge on any atom is 2.00 e. The van der Waals surface area contributed by atoms with E-state index in [0.717, 1.165) is 0 Å². The minimum absolute atomic E-state index is 0. The summed E-state index contributed by atoms with van der Waals surface area (Å²) < 4.78 is 31.6. The fourth-order valence-electron chi connectivity index (χ4n) is 1.57.